The van der Waals surface area contributed by atoms with Crippen LogP contribution in [0.15, 0.2) is 0 Å². The second kappa shape index (κ2) is 3.23. The van der Waals surface area contributed by atoms with Gasteiger partial charge in [0.2, 0.25) is 0 Å². The van der Waals surface area contributed by atoms with Crippen LogP contribution in [0.2, 0.25) is 5.02 Å². The first-order chi connectivity index (χ1) is 5.57. The molecule has 1 aromatic heterocycles. The van der Waals surface area contributed by atoms with E-state index in [0.29, 0.717) is 10.8 Å². The lowest BCUT2D eigenvalue weighted by Gasteiger charge is -2.09. The van der Waals surface area contributed by atoms with Crippen LogP contribution >= 0.6 is 11.6 Å². The molecule has 0 saturated heterocycles. The Kier molecular flexibility index (Phi) is 2.47. The number of rotatable bonds is 2. The minimum atomic E-state index is 0.252. The van der Waals surface area contributed by atoms with Crippen molar-refractivity contribution in [3.63, 3.8) is 0 Å². The minimum Gasteiger partial charge on any atom is -0.381 e. The van der Waals surface area contributed by atoms with E-state index in [4.69, 9.17) is 17.3 Å². The molecule has 68 valence electrons. The highest BCUT2D eigenvalue weighted by Gasteiger charge is 2.13. The normalized spacial score (nSPS) is 10.8. The SMILES string of the molecule is CNc1c(Cl)c(N)nn1C(C)C. The maximum atomic E-state index is 5.89. The molecule has 0 aliphatic heterocycles. The summed E-state index contributed by atoms with van der Waals surface area (Å²) in [5, 5.41) is 7.53. The van der Waals surface area contributed by atoms with Gasteiger partial charge in [-0.25, -0.2) is 4.68 Å². The molecular weight excluding hydrogens is 176 g/mol. The van der Waals surface area contributed by atoms with Crippen LogP contribution in [-0.4, -0.2) is 16.8 Å². The van der Waals surface area contributed by atoms with E-state index < -0.39 is 0 Å². The second-order valence-electron chi connectivity index (χ2n) is 2.84. The summed E-state index contributed by atoms with van der Waals surface area (Å²) in [6, 6.07) is 0.252. The molecule has 0 unspecified atom stereocenters. The molecule has 0 amide bonds. The first kappa shape index (κ1) is 9.19. The van der Waals surface area contributed by atoms with Crippen molar-refractivity contribution in [1.29, 1.82) is 0 Å². The molecule has 4 nitrogen and oxygen atoms in total. The molecule has 12 heavy (non-hydrogen) atoms. The van der Waals surface area contributed by atoms with Gasteiger partial charge in [-0.05, 0) is 13.8 Å². The van der Waals surface area contributed by atoms with Crippen LogP contribution in [0.4, 0.5) is 11.6 Å². The van der Waals surface area contributed by atoms with Crippen molar-refractivity contribution in [2.45, 2.75) is 19.9 Å². The molecule has 0 radical (unpaired) electrons. The summed E-state index contributed by atoms with van der Waals surface area (Å²) in [6.07, 6.45) is 0. The van der Waals surface area contributed by atoms with Crippen molar-refractivity contribution < 1.29 is 0 Å². The first-order valence-electron chi connectivity index (χ1n) is 3.79. The zero-order chi connectivity index (χ0) is 9.30. The van der Waals surface area contributed by atoms with Gasteiger partial charge in [0.15, 0.2) is 5.82 Å². The maximum Gasteiger partial charge on any atom is 0.166 e. The molecule has 0 atom stereocenters. The predicted octanol–water partition coefficient (Wildman–Crippen LogP) is 1.74. The number of hydrogen-bond acceptors (Lipinski definition) is 3. The van der Waals surface area contributed by atoms with Crippen molar-refractivity contribution in [3.8, 4) is 0 Å². The second-order valence-corrected chi connectivity index (χ2v) is 3.21. The molecule has 1 rings (SSSR count). The van der Waals surface area contributed by atoms with Crippen LogP contribution < -0.4 is 11.1 Å². The molecule has 5 heteroatoms. The predicted molar refractivity (Wildman–Crippen MR) is 51.6 cm³/mol. The lowest BCUT2D eigenvalue weighted by molar-refractivity contribution is 0.541. The van der Waals surface area contributed by atoms with Crippen molar-refractivity contribution >= 4 is 23.2 Å². The van der Waals surface area contributed by atoms with E-state index >= 15 is 0 Å². The first-order valence-corrected chi connectivity index (χ1v) is 4.17. The Hall–Kier alpha value is -0.900. The average molecular weight is 189 g/mol. The summed E-state index contributed by atoms with van der Waals surface area (Å²) in [6.45, 7) is 4.03. The number of nitrogen functional groups attached to an aromatic ring is 1. The smallest absolute Gasteiger partial charge is 0.166 e. The largest absolute Gasteiger partial charge is 0.381 e. The molecule has 1 aromatic rings. The summed E-state index contributed by atoms with van der Waals surface area (Å²) in [7, 11) is 1.79. The Balaban J connectivity index is 3.20. The fourth-order valence-electron chi connectivity index (χ4n) is 1.03. The molecule has 0 saturated carbocycles. The molecule has 0 spiro atoms. The van der Waals surface area contributed by atoms with Gasteiger partial charge in [0.1, 0.15) is 10.8 Å². The Bertz CT molecular complexity index is 279. The molecule has 0 aliphatic rings. The van der Waals surface area contributed by atoms with Gasteiger partial charge in [-0.15, -0.1) is 0 Å². The van der Waals surface area contributed by atoms with Gasteiger partial charge >= 0.3 is 0 Å². The molecule has 0 aliphatic carbocycles. The van der Waals surface area contributed by atoms with E-state index in [1.165, 1.54) is 0 Å². The highest BCUT2D eigenvalue weighted by molar-refractivity contribution is 6.35. The van der Waals surface area contributed by atoms with Crippen molar-refractivity contribution in [2.24, 2.45) is 0 Å². The van der Waals surface area contributed by atoms with Crippen LogP contribution in [-0.2, 0) is 0 Å². The fourth-order valence-corrected chi connectivity index (χ4v) is 1.25. The maximum absolute atomic E-state index is 5.89. The third-order valence-corrected chi connectivity index (χ3v) is 1.98. The monoisotopic (exact) mass is 188 g/mol. The highest BCUT2D eigenvalue weighted by atomic mass is 35.5. The van der Waals surface area contributed by atoms with Gasteiger partial charge in [0, 0.05) is 13.1 Å². The Morgan fingerprint density at radius 3 is 2.50 bits per heavy atom. The van der Waals surface area contributed by atoms with E-state index in [1.807, 2.05) is 13.8 Å². The van der Waals surface area contributed by atoms with Gasteiger partial charge in [-0.3, -0.25) is 0 Å². The van der Waals surface area contributed by atoms with E-state index in [0.717, 1.165) is 5.82 Å². The van der Waals surface area contributed by atoms with Crippen molar-refractivity contribution in [2.75, 3.05) is 18.1 Å². The molecule has 0 aromatic carbocycles. The Labute approximate surface area is 76.7 Å². The lowest BCUT2D eigenvalue weighted by Crippen LogP contribution is -2.07. The number of halogens is 1. The van der Waals surface area contributed by atoms with E-state index in [2.05, 4.69) is 10.4 Å². The zero-order valence-corrected chi connectivity index (χ0v) is 8.18. The third kappa shape index (κ3) is 1.34. The van der Waals surface area contributed by atoms with Crippen LogP contribution in [0.3, 0.4) is 0 Å². The van der Waals surface area contributed by atoms with Gasteiger partial charge in [0.25, 0.3) is 0 Å². The number of hydrogen-bond donors (Lipinski definition) is 2. The molecule has 1 heterocycles. The van der Waals surface area contributed by atoms with Crippen molar-refractivity contribution in [1.82, 2.24) is 9.78 Å². The van der Waals surface area contributed by atoms with Crippen molar-refractivity contribution in [3.05, 3.63) is 5.02 Å². The van der Waals surface area contributed by atoms with Gasteiger partial charge in [0.05, 0.1) is 0 Å². The van der Waals surface area contributed by atoms with Crippen LogP contribution in [0.5, 0.6) is 0 Å². The molecule has 0 fully saturated rings. The number of anilines is 2. The summed E-state index contributed by atoms with van der Waals surface area (Å²) in [4.78, 5) is 0. The molecular formula is C7H13ClN4. The Morgan fingerprint density at radius 1 is 1.58 bits per heavy atom. The summed E-state index contributed by atoms with van der Waals surface area (Å²) in [5.74, 6) is 1.14. The number of nitrogens with one attached hydrogen (secondary N) is 1. The van der Waals surface area contributed by atoms with Crippen LogP contribution in [0, 0.1) is 0 Å². The third-order valence-electron chi connectivity index (χ3n) is 1.60. The fraction of sp³-hybridized carbons (Fsp3) is 0.571. The summed E-state index contributed by atoms with van der Waals surface area (Å²) >= 11 is 5.89. The van der Waals surface area contributed by atoms with E-state index in [-0.39, 0.29) is 6.04 Å². The van der Waals surface area contributed by atoms with Gasteiger partial charge in [-0.2, -0.15) is 5.10 Å². The van der Waals surface area contributed by atoms with Crippen LogP contribution in [0.1, 0.15) is 19.9 Å². The van der Waals surface area contributed by atoms with Crippen LogP contribution in [0.25, 0.3) is 0 Å². The average Bonchev–Trinajstić information content (AvgIpc) is 2.29. The standard InChI is InChI=1S/C7H13ClN4/c1-4(2)12-7(10-3)5(8)6(9)11-12/h4,10H,1-3H3,(H2,9,11). The quantitative estimate of drug-likeness (QED) is 0.744. The highest BCUT2D eigenvalue weighted by Crippen LogP contribution is 2.29. The topological polar surface area (TPSA) is 55.9 Å². The summed E-state index contributed by atoms with van der Waals surface area (Å²) in [5.41, 5.74) is 5.55. The Morgan fingerprint density at radius 2 is 2.17 bits per heavy atom. The van der Waals surface area contributed by atoms with E-state index in [9.17, 15) is 0 Å². The molecule has 0 bridgehead atoms. The van der Waals surface area contributed by atoms with Gasteiger partial charge < -0.3 is 11.1 Å². The minimum absolute atomic E-state index is 0.252. The number of nitrogens with two attached hydrogens (primary N) is 1. The number of nitrogens with zero attached hydrogens (tertiary/aromatic N) is 2. The molecule has 3 N–H and O–H groups in total. The zero-order valence-electron chi connectivity index (χ0n) is 7.43. The summed E-state index contributed by atoms with van der Waals surface area (Å²) < 4.78 is 1.76. The van der Waals surface area contributed by atoms with Gasteiger partial charge in [-0.1, -0.05) is 11.6 Å². The lowest BCUT2D eigenvalue weighted by atomic mass is 10.4. The number of aromatic nitrogens is 2. The van der Waals surface area contributed by atoms with E-state index in [1.54, 1.807) is 11.7 Å².